The molecule has 3 unspecified atom stereocenters. The minimum absolute atomic E-state index is 0.0152. The van der Waals surface area contributed by atoms with Crippen molar-refractivity contribution in [2.75, 3.05) is 19.7 Å². The van der Waals surface area contributed by atoms with Crippen molar-refractivity contribution < 1.29 is 15.0 Å². The molecule has 2 rings (SSSR count). The van der Waals surface area contributed by atoms with Gasteiger partial charge in [-0.15, -0.1) is 0 Å². The van der Waals surface area contributed by atoms with Gasteiger partial charge in [-0.2, -0.15) is 0 Å². The summed E-state index contributed by atoms with van der Waals surface area (Å²) in [5.74, 6) is -0.838. The van der Waals surface area contributed by atoms with Gasteiger partial charge in [0, 0.05) is 24.6 Å². The van der Waals surface area contributed by atoms with Crippen molar-refractivity contribution in [3.8, 4) is 0 Å². The predicted octanol–water partition coefficient (Wildman–Crippen LogP) is 0.554. The lowest BCUT2D eigenvalue weighted by molar-refractivity contribution is -0.148. The molecule has 1 saturated heterocycles. The van der Waals surface area contributed by atoms with E-state index in [9.17, 15) is 9.90 Å². The Balaban J connectivity index is 1.94. The van der Waals surface area contributed by atoms with Crippen molar-refractivity contribution >= 4 is 5.97 Å². The van der Waals surface area contributed by atoms with E-state index in [-0.39, 0.29) is 24.0 Å². The first-order chi connectivity index (χ1) is 7.06. The summed E-state index contributed by atoms with van der Waals surface area (Å²) in [5.41, 5.74) is -0.0152. The monoisotopic (exact) mass is 213 g/mol. The summed E-state index contributed by atoms with van der Waals surface area (Å²) in [4.78, 5) is 13.2. The summed E-state index contributed by atoms with van der Waals surface area (Å²) >= 11 is 0. The molecule has 2 aliphatic rings. The number of hydrogen-bond acceptors (Lipinski definition) is 3. The SMILES string of the molecule is CC1(CO)CCN(C2CCC2C(=O)O)C1. The number of carboxylic acid groups (broad SMARTS) is 1. The van der Waals surface area contributed by atoms with Crippen LogP contribution in [0.1, 0.15) is 26.2 Å². The van der Waals surface area contributed by atoms with E-state index in [2.05, 4.69) is 11.8 Å². The Morgan fingerprint density at radius 3 is 2.67 bits per heavy atom. The highest BCUT2D eigenvalue weighted by molar-refractivity contribution is 5.72. The number of carbonyl (C=O) groups is 1. The van der Waals surface area contributed by atoms with Gasteiger partial charge in [-0.1, -0.05) is 6.92 Å². The van der Waals surface area contributed by atoms with Gasteiger partial charge in [-0.05, 0) is 25.8 Å². The number of carboxylic acids is 1. The molecule has 4 heteroatoms. The van der Waals surface area contributed by atoms with E-state index >= 15 is 0 Å². The van der Waals surface area contributed by atoms with Gasteiger partial charge in [-0.3, -0.25) is 9.69 Å². The van der Waals surface area contributed by atoms with Gasteiger partial charge in [0.15, 0.2) is 0 Å². The molecule has 1 heterocycles. The second kappa shape index (κ2) is 3.76. The molecule has 1 aliphatic heterocycles. The second-order valence-electron chi connectivity index (χ2n) is 5.28. The van der Waals surface area contributed by atoms with Crippen LogP contribution in [0.4, 0.5) is 0 Å². The maximum atomic E-state index is 10.9. The first kappa shape index (κ1) is 10.9. The van der Waals surface area contributed by atoms with Crippen LogP contribution in [0.15, 0.2) is 0 Å². The van der Waals surface area contributed by atoms with E-state index < -0.39 is 5.97 Å². The van der Waals surface area contributed by atoms with Crippen molar-refractivity contribution in [3.63, 3.8) is 0 Å². The lowest BCUT2D eigenvalue weighted by atomic mass is 9.78. The predicted molar refractivity (Wildman–Crippen MR) is 55.5 cm³/mol. The van der Waals surface area contributed by atoms with Gasteiger partial charge in [0.05, 0.1) is 5.92 Å². The van der Waals surface area contributed by atoms with Crippen LogP contribution >= 0.6 is 0 Å². The molecule has 0 aromatic carbocycles. The van der Waals surface area contributed by atoms with Crippen LogP contribution in [0.25, 0.3) is 0 Å². The second-order valence-corrected chi connectivity index (χ2v) is 5.28. The summed E-state index contributed by atoms with van der Waals surface area (Å²) in [6, 6.07) is 0.218. The molecule has 0 spiro atoms. The van der Waals surface area contributed by atoms with Crippen LogP contribution in [-0.2, 0) is 4.79 Å². The fourth-order valence-electron chi connectivity index (χ4n) is 2.68. The van der Waals surface area contributed by atoms with Crippen LogP contribution in [-0.4, -0.2) is 46.8 Å². The highest BCUT2D eigenvalue weighted by atomic mass is 16.4. The smallest absolute Gasteiger partial charge is 0.308 e. The van der Waals surface area contributed by atoms with Crippen LogP contribution in [0, 0.1) is 11.3 Å². The summed E-state index contributed by atoms with van der Waals surface area (Å²) in [5, 5.41) is 18.2. The number of nitrogens with zero attached hydrogens (tertiary/aromatic N) is 1. The molecule has 2 fully saturated rings. The Morgan fingerprint density at radius 1 is 1.53 bits per heavy atom. The van der Waals surface area contributed by atoms with Gasteiger partial charge in [-0.25, -0.2) is 0 Å². The molecule has 0 radical (unpaired) electrons. The molecule has 2 N–H and O–H groups in total. The lowest BCUT2D eigenvalue weighted by Crippen LogP contribution is -2.49. The molecule has 1 saturated carbocycles. The van der Waals surface area contributed by atoms with E-state index in [0.29, 0.717) is 0 Å². The molecule has 3 atom stereocenters. The zero-order valence-electron chi connectivity index (χ0n) is 9.15. The Labute approximate surface area is 89.9 Å². The van der Waals surface area contributed by atoms with E-state index in [1.54, 1.807) is 0 Å². The Bertz CT molecular complexity index is 269. The minimum Gasteiger partial charge on any atom is -0.481 e. The van der Waals surface area contributed by atoms with Gasteiger partial charge < -0.3 is 10.2 Å². The normalized spacial score (nSPS) is 41.5. The fourth-order valence-corrected chi connectivity index (χ4v) is 2.68. The Hall–Kier alpha value is -0.610. The molecule has 4 nitrogen and oxygen atoms in total. The van der Waals surface area contributed by atoms with Crippen molar-refractivity contribution in [1.82, 2.24) is 4.90 Å². The molecule has 15 heavy (non-hydrogen) atoms. The maximum Gasteiger partial charge on any atom is 0.308 e. The van der Waals surface area contributed by atoms with Crippen molar-refractivity contribution in [1.29, 1.82) is 0 Å². The summed E-state index contributed by atoms with van der Waals surface area (Å²) in [6.07, 6.45) is 2.79. The van der Waals surface area contributed by atoms with Crippen LogP contribution in [0.3, 0.4) is 0 Å². The molecule has 0 aromatic rings. The standard InChI is InChI=1S/C11H19NO3/c1-11(7-13)4-5-12(6-11)9-3-2-8(9)10(14)15/h8-9,13H,2-7H2,1H3,(H,14,15). The number of aliphatic hydroxyl groups is 1. The third kappa shape index (κ3) is 1.88. The van der Waals surface area contributed by atoms with E-state index in [4.69, 9.17) is 5.11 Å². The van der Waals surface area contributed by atoms with Crippen molar-refractivity contribution in [2.24, 2.45) is 11.3 Å². The van der Waals surface area contributed by atoms with Crippen LogP contribution in [0.2, 0.25) is 0 Å². The molecule has 0 bridgehead atoms. The van der Waals surface area contributed by atoms with E-state index in [0.717, 1.165) is 32.4 Å². The van der Waals surface area contributed by atoms with Crippen molar-refractivity contribution in [2.45, 2.75) is 32.2 Å². The molecular weight excluding hydrogens is 194 g/mol. The fraction of sp³-hybridized carbons (Fsp3) is 0.909. The zero-order valence-corrected chi connectivity index (χ0v) is 9.15. The number of aliphatic carboxylic acids is 1. The molecule has 1 aliphatic carbocycles. The third-order valence-electron chi connectivity index (χ3n) is 3.99. The van der Waals surface area contributed by atoms with E-state index in [1.165, 1.54) is 0 Å². The number of likely N-dealkylation sites (tertiary alicyclic amines) is 1. The van der Waals surface area contributed by atoms with Gasteiger partial charge in [0.2, 0.25) is 0 Å². The molecular formula is C11H19NO3. The van der Waals surface area contributed by atoms with Crippen molar-refractivity contribution in [3.05, 3.63) is 0 Å². The Morgan fingerprint density at radius 2 is 2.27 bits per heavy atom. The number of rotatable bonds is 3. The van der Waals surface area contributed by atoms with E-state index in [1.807, 2.05) is 0 Å². The van der Waals surface area contributed by atoms with Gasteiger partial charge >= 0.3 is 5.97 Å². The lowest BCUT2D eigenvalue weighted by Gasteiger charge is -2.40. The first-order valence-electron chi connectivity index (χ1n) is 5.63. The Kier molecular flexibility index (Phi) is 2.73. The topological polar surface area (TPSA) is 60.8 Å². The van der Waals surface area contributed by atoms with Gasteiger partial charge in [0.1, 0.15) is 0 Å². The first-order valence-corrected chi connectivity index (χ1v) is 5.63. The summed E-state index contributed by atoms with van der Waals surface area (Å²) in [7, 11) is 0. The third-order valence-corrected chi connectivity index (χ3v) is 3.99. The summed E-state index contributed by atoms with van der Waals surface area (Å²) in [6.45, 7) is 4.05. The maximum absolute atomic E-state index is 10.9. The molecule has 0 aromatic heterocycles. The van der Waals surface area contributed by atoms with Gasteiger partial charge in [0.25, 0.3) is 0 Å². The highest BCUT2D eigenvalue weighted by Crippen LogP contribution is 2.38. The molecule has 86 valence electrons. The quantitative estimate of drug-likeness (QED) is 0.719. The number of hydrogen-bond donors (Lipinski definition) is 2. The average molecular weight is 213 g/mol. The van der Waals surface area contributed by atoms with Crippen LogP contribution in [0.5, 0.6) is 0 Å². The summed E-state index contributed by atoms with van der Waals surface area (Å²) < 4.78 is 0. The highest BCUT2D eigenvalue weighted by Gasteiger charge is 2.45. The zero-order chi connectivity index (χ0) is 11.1. The molecule has 0 amide bonds. The average Bonchev–Trinajstić information content (AvgIpc) is 2.46. The number of aliphatic hydroxyl groups excluding tert-OH is 1. The largest absolute Gasteiger partial charge is 0.481 e. The van der Waals surface area contributed by atoms with Crippen LogP contribution < -0.4 is 0 Å². The minimum atomic E-state index is -0.663.